The van der Waals surface area contributed by atoms with Crippen LogP contribution >= 0.6 is 11.3 Å². The molecule has 2 heterocycles. The van der Waals surface area contributed by atoms with Crippen LogP contribution in [-0.2, 0) is 16.4 Å². The van der Waals surface area contributed by atoms with E-state index in [1.165, 1.54) is 11.3 Å². The molecule has 156 valence electrons. The van der Waals surface area contributed by atoms with Gasteiger partial charge >= 0.3 is 0 Å². The highest BCUT2D eigenvalue weighted by Gasteiger charge is 2.19. The average molecular weight is 437 g/mol. The van der Waals surface area contributed by atoms with Gasteiger partial charge in [0.1, 0.15) is 0 Å². The van der Waals surface area contributed by atoms with E-state index in [1.807, 2.05) is 12.1 Å². The number of anilines is 2. The van der Waals surface area contributed by atoms with Crippen molar-refractivity contribution in [3.63, 3.8) is 0 Å². The number of hydrogen-bond acceptors (Lipinski definition) is 6. The van der Waals surface area contributed by atoms with E-state index < -0.39 is 15.9 Å². The Kier molecular flexibility index (Phi) is 6.56. The lowest BCUT2D eigenvalue weighted by atomic mass is 10.1. The summed E-state index contributed by atoms with van der Waals surface area (Å²) in [6, 6.07) is 8.62. The maximum absolute atomic E-state index is 12.8. The van der Waals surface area contributed by atoms with Crippen molar-refractivity contribution in [2.24, 2.45) is 5.73 Å². The molecule has 1 aromatic heterocycles. The molecule has 10 heteroatoms. The highest BCUT2D eigenvalue weighted by Crippen LogP contribution is 2.31. The van der Waals surface area contributed by atoms with Crippen molar-refractivity contribution in [2.75, 3.05) is 36.1 Å². The quantitative estimate of drug-likeness (QED) is 0.582. The second kappa shape index (κ2) is 8.93. The number of carbonyl (C=O) groups is 2. The number of sulfonamides is 1. The maximum atomic E-state index is 12.8. The Hall–Kier alpha value is -2.43. The number of benzene rings is 1. The first-order chi connectivity index (χ1) is 13.7. The molecular formula is C19H24N4O4S2. The minimum absolute atomic E-state index is 0.278. The van der Waals surface area contributed by atoms with Gasteiger partial charge in [-0.15, -0.1) is 11.3 Å². The molecule has 8 nitrogen and oxygen atoms in total. The van der Waals surface area contributed by atoms with Crippen LogP contribution in [0.3, 0.4) is 0 Å². The molecule has 1 saturated heterocycles. The van der Waals surface area contributed by atoms with E-state index in [2.05, 4.69) is 14.9 Å². The minimum Gasteiger partial charge on any atom is -0.370 e. The Morgan fingerprint density at radius 3 is 2.55 bits per heavy atom. The number of nitrogens with zero attached hydrogens (tertiary/aromatic N) is 1. The maximum Gasteiger partial charge on any atom is 0.265 e. The SMILES string of the molecule is CS(=O)(=O)NCCc1ccc(C(=O)Nc2cc(C(N)=O)ccc2N2CCCC2)s1. The summed E-state index contributed by atoms with van der Waals surface area (Å²) in [5.41, 5.74) is 7.16. The average Bonchev–Trinajstić information content (AvgIpc) is 3.32. The van der Waals surface area contributed by atoms with Gasteiger partial charge in [-0.2, -0.15) is 0 Å². The molecule has 1 fully saturated rings. The Labute approximate surface area is 174 Å². The van der Waals surface area contributed by atoms with Crippen LogP contribution in [0.25, 0.3) is 0 Å². The van der Waals surface area contributed by atoms with E-state index >= 15 is 0 Å². The normalized spacial score (nSPS) is 14.2. The molecular weight excluding hydrogens is 412 g/mol. The summed E-state index contributed by atoms with van der Waals surface area (Å²) < 4.78 is 24.7. The standard InChI is InChI=1S/C19H24N4O4S2/c1-29(26,27)21-9-8-14-5-7-17(28-14)19(25)22-15-12-13(18(20)24)4-6-16(15)23-10-2-3-11-23/h4-7,12,21H,2-3,8-11H2,1H3,(H2,20,24)(H,22,25). The molecule has 3 rings (SSSR count). The van der Waals surface area contributed by atoms with Crippen LogP contribution in [-0.4, -0.2) is 46.1 Å². The molecule has 2 aromatic rings. The van der Waals surface area contributed by atoms with Crippen molar-refractivity contribution in [3.05, 3.63) is 45.6 Å². The molecule has 1 aliphatic rings. The molecule has 0 spiro atoms. The fraction of sp³-hybridized carbons (Fsp3) is 0.368. The second-order valence-electron chi connectivity index (χ2n) is 6.93. The van der Waals surface area contributed by atoms with Crippen molar-refractivity contribution in [1.29, 1.82) is 0 Å². The summed E-state index contributed by atoms with van der Waals surface area (Å²) in [7, 11) is -3.24. The summed E-state index contributed by atoms with van der Waals surface area (Å²) in [6.45, 7) is 2.07. The van der Waals surface area contributed by atoms with Gasteiger partial charge in [0, 0.05) is 30.1 Å². The molecule has 0 radical (unpaired) electrons. The number of nitrogens with one attached hydrogen (secondary N) is 2. The van der Waals surface area contributed by atoms with Crippen molar-refractivity contribution in [1.82, 2.24) is 4.72 Å². The number of rotatable bonds is 8. The smallest absolute Gasteiger partial charge is 0.265 e. The van der Waals surface area contributed by atoms with Gasteiger partial charge in [0.25, 0.3) is 5.91 Å². The van der Waals surface area contributed by atoms with E-state index in [4.69, 9.17) is 5.73 Å². The Morgan fingerprint density at radius 2 is 1.90 bits per heavy atom. The summed E-state index contributed by atoms with van der Waals surface area (Å²) in [5, 5.41) is 2.90. The molecule has 4 N–H and O–H groups in total. The largest absolute Gasteiger partial charge is 0.370 e. The van der Waals surface area contributed by atoms with E-state index in [-0.39, 0.29) is 12.5 Å². The van der Waals surface area contributed by atoms with Crippen LogP contribution in [0.4, 0.5) is 11.4 Å². The topological polar surface area (TPSA) is 122 Å². The highest BCUT2D eigenvalue weighted by atomic mass is 32.2. The molecule has 0 saturated carbocycles. The monoisotopic (exact) mass is 436 g/mol. The van der Waals surface area contributed by atoms with Crippen molar-refractivity contribution in [2.45, 2.75) is 19.3 Å². The van der Waals surface area contributed by atoms with Crippen LogP contribution in [0.2, 0.25) is 0 Å². The third kappa shape index (κ3) is 5.78. The predicted molar refractivity (Wildman–Crippen MR) is 115 cm³/mol. The third-order valence-corrected chi connectivity index (χ3v) is 6.47. The van der Waals surface area contributed by atoms with Crippen LogP contribution in [0.1, 0.15) is 37.7 Å². The summed E-state index contributed by atoms with van der Waals surface area (Å²) in [4.78, 5) is 27.9. The van der Waals surface area contributed by atoms with Gasteiger partial charge in [0.15, 0.2) is 0 Å². The number of nitrogens with two attached hydrogens (primary N) is 1. The van der Waals surface area contributed by atoms with E-state index in [9.17, 15) is 18.0 Å². The van der Waals surface area contributed by atoms with Crippen molar-refractivity contribution in [3.8, 4) is 0 Å². The highest BCUT2D eigenvalue weighted by molar-refractivity contribution is 7.88. The van der Waals surface area contributed by atoms with Gasteiger partial charge in [-0.05, 0) is 49.6 Å². The molecule has 0 bridgehead atoms. The number of primary amides is 1. The summed E-state index contributed by atoms with van der Waals surface area (Å²) in [5.74, 6) is -0.829. The molecule has 0 unspecified atom stereocenters. The number of amides is 2. The molecule has 1 aromatic carbocycles. The third-order valence-electron chi connectivity index (χ3n) is 4.60. The van der Waals surface area contributed by atoms with Gasteiger partial charge < -0.3 is 16.0 Å². The number of carbonyl (C=O) groups excluding carboxylic acids is 2. The van der Waals surface area contributed by atoms with E-state index in [1.54, 1.807) is 18.2 Å². The molecule has 29 heavy (non-hydrogen) atoms. The molecule has 0 aliphatic carbocycles. The van der Waals surface area contributed by atoms with Crippen LogP contribution < -0.4 is 20.7 Å². The van der Waals surface area contributed by atoms with E-state index in [0.29, 0.717) is 22.5 Å². The van der Waals surface area contributed by atoms with Crippen LogP contribution in [0.15, 0.2) is 30.3 Å². The lowest BCUT2D eigenvalue weighted by Gasteiger charge is -2.22. The second-order valence-corrected chi connectivity index (χ2v) is 9.93. The summed E-state index contributed by atoms with van der Waals surface area (Å²) >= 11 is 1.31. The Morgan fingerprint density at radius 1 is 1.17 bits per heavy atom. The number of hydrogen-bond donors (Lipinski definition) is 3. The Balaban J connectivity index is 1.74. The fourth-order valence-electron chi connectivity index (χ4n) is 3.20. The zero-order chi connectivity index (χ0) is 21.0. The molecule has 1 aliphatic heterocycles. The van der Waals surface area contributed by atoms with Crippen LogP contribution in [0, 0.1) is 0 Å². The first-order valence-corrected chi connectivity index (χ1v) is 12.0. The molecule has 0 atom stereocenters. The van der Waals surface area contributed by atoms with Crippen LogP contribution in [0.5, 0.6) is 0 Å². The molecule has 2 amide bonds. The summed E-state index contributed by atoms with van der Waals surface area (Å²) in [6.07, 6.45) is 3.78. The van der Waals surface area contributed by atoms with Gasteiger partial charge in [-0.3, -0.25) is 9.59 Å². The predicted octanol–water partition coefficient (Wildman–Crippen LogP) is 1.79. The van der Waals surface area contributed by atoms with Crippen molar-refractivity contribution < 1.29 is 18.0 Å². The minimum atomic E-state index is -3.24. The lowest BCUT2D eigenvalue weighted by Crippen LogP contribution is -2.24. The van der Waals surface area contributed by atoms with Gasteiger partial charge in [-0.1, -0.05) is 0 Å². The zero-order valence-corrected chi connectivity index (χ0v) is 17.7. The first-order valence-electron chi connectivity index (χ1n) is 9.26. The fourth-order valence-corrected chi connectivity index (χ4v) is 4.58. The zero-order valence-electron chi connectivity index (χ0n) is 16.1. The van der Waals surface area contributed by atoms with E-state index in [0.717, 1.165) is 42.8 Å². The van der Waals surface area contributed by atoms with Gasteiger partial charge in [-0.25, -0.2) is 13.1 Å². The lowest BCUT2D eigenvalue weighted by molar-refractivity contribution is 0.0996. The first kappa shape index (κ1) is 21.3. The van der Waals surface area contributed by atoms with Gasteiger partial charge in [0.2, 0.25) is 15.9 Å². The van der Waals surface area contributed by atoms with Gasteiger partial charge in [0.05, 0.1) is 22.5 Å². The van der Waals surface area contributed by atoms with Crippen molar-refractivity contribution >= 4 is 44.5 Å². The Bertz CT molecular complexity index is 1010. The number of thiophene rings is 1.